The van der Waals surface area contributed by atoms with Gasteiger partial charge in [0.15, 0.2) is 5.69 Å². The largest absolute Gasteiger partial charge is 0.456 e. The van der Waals surface area contributed by atoms with Crippen molar-refractivity contribution in [3.05, 3.63) is 11.9 Å². The first-order valence-electron chi connectivity index (χ1n) is 5.40. The topological polar surface area (TPSA) is 47.8 Å². The predicted octanol–water partition coefficient (Wildman–Crippen LogP) is 2.46. The van der Waals surface area contributed by atoms with E-state index in [9.17, 15) is 18.0 Å². The van der Waals surface area contributed by atoms with Gasteiger partial charge in [-0.25, -0.2) is 0 Å². The highest BCUT2D eigenvalue weighted by Gasteiger charge is 2.41. The van der Waals surface area contributed by atoms with Gasteiger partial charge in [0.1, 0.15) is 0 Å². The molecule has 0 amide bonds. The highest BCUT2D eigenvalue weighted by Crippen LogP contribution is 2.20. The first kappa shape index (κ1) is 13.7. The maximum atomic E-state index is 12.1. The summed E-state index contributed by atoms with van der Waals surface area (Å²) in [5, 5.41) is 6.78. The summed E-state index contributed by atoms with van der Waals surface area (Å²) < 4.78 is 37.6. The van der Waals surface area contributed by atoms with E-state index in [1.807, 2.05) is 13.8 Å². The van der Waals surface area contributed by atoms with Crippen LogP contribution in [0.5, 0.6) is 0 Å². The number of rotatable bonds is 5. The Morgan fingerprint density at radius 2 is 2.00 bits per heavy atom. The van der Waals surface area contributed by atoms with Crippen molar-refractivity contribution in [3.8, 4) is 0 Å². The number of alkyl halides is 3. The summed E-state index contributed by atoms with van der Waals surface area (Å²) in [5.74, 6) is -1.63. The van der Waals surface area contributed by atoms with Gasteiger partial charge < -0.3 is 0 Å². The minimum absolute atomic E-state index is 0.325. The molecular weight excluding hydrogens is 235 g/mol. The second kappa shape index (κ2) is 5.29. The molecule has 1 heterocycles. The summed E-state index contributed by atoms with van der Waals surface area (Å²) in [6.07, 6.45) is -2.04. The molecule has 0 aromatic carbocycles. The first-order chi connectivity index (χ1) is 7.88. The molecule has 0 aliphatic rings. The fourth-order valence-electron chi connectivity index (χ4n) is 1.45. The lowest BCUT2D eigenvalue weighted by atomic mass is 10.0. The Morgan fingerprint density at radius 3 is 2.47 bits per heavy atom. The average Bonchev–Trinajstić information content (AvgIpc) is 2.71. The van der Waals surface area contributed by atoms with Crippen LogP contribution in [0.1, 0.15) is 37.2 Å². The molecule has 0 spiro atoms. The monoisotopic (exact) mass is 249 g/mol. The molecule has 0 radical (unpaired) electrons. The van der Waals surface area contributed by atoms with Gasteiger partial charge in [-0.15, -0.1) is 5.10 Å². The van der Waals surface area contributed by atoms with Gasteiger partial charge in [0, 0.05) is 6.54 Å². The summed E-state index contributed by atoms with van der Waals surface area (Å²) in [5.41, 5.74) is -0.650. The van der Waals surface area contributed by atoms with Gasteiger partial charge in [0.2, 0.25) is 0 Å². The second-order valence-corrected chi connectivity index (χ2v) is 3.84. The van der Waals surface area contributed by atoms with Gasteiger partial charge >= 0.3 is 6.18 Å². The van der Waals surface area contributed by atoms with Crippen molar-refractivity contribution >= 4 is 5.78 Å². The van der Waals surface area contributed by atoms with Gasteiger partial charge in [0.05, 0.1) is 6.20 Å². The number of hydrogen-bond donors (Lipinski definition) is 0. The zero-order chi connectivity index (χ0) is 13.1. The summed E-state index contributed by atoms with van der Waals surface area (Å²) >= 11 is 0. The van der Waals surface area contributed by atoms with Gasteiger partial charge in [-0.3, -0.25) is 9.48 Å². The van der Waals surface area contributed by atoms with Gasteiger partial charge in [-0.1, -0.05) is 31.9 Å². The fourth-order valence-corrected chi connectivity index (χ4v) is 1.45. The molecule has 4 nitrogen and oxygen atoms in total. The Kier molecular flexibility index (Phi) is 4.25. The molecule has 0 bridgehead atoms. The fraction of sp³-hybridized carbons (Fsp3) is 0.700. The Bertz CT molecular complexity index is 382. The number of carbonyl (C=O) groups excluding carboxylic acids is 1. The molecule has 0 atom stereocenters. The molecule has 0 saturated heterocycles. The Hall–Kier alpha value is -1.40. The van der Waals surface area contributed by atoms with E-state index in [1.54, 1.807) is 0 Å². The van der Waals surface area contributed by atoms with Crippen LogP contribution in [0.25, 0.3) is 0 Å². The summed E-state index contributed by atoms with van der Waals surface area (Å²) in [6.45, 7) is 4.46. The predicted molar refractivity (Wildman–Crippen MR) is 54.5 cm³/mol. The van der Waals surface area contributed by atoms with E-state index in [4.69, 9.17) is 0 Å². The lowest BCUT2D eigenvalue weighted by Gasteiger charge is -2.10. The molecule has 0 fully saturated rings. The molecule has 1 rings (SSSR count). The molecule has 1 aromatic rings. The molecule has 0 saturated carbocycles. The van der Waals surface area contributed by atoms with Crippen molar-refractivity contribution in [1.82, 2.24) is 15.0 Å². The maximum Gasteiger partial charge on any atom is 0.456 e. The van der Waals surface area contributed by atoms with Crippen LogP contribution in [0, 0.1) is 5.92 Å². The van der Waals surface area contributed by atoms with E-state index >= 15 is 0 Å². The summed E-state index contributed by atoms with van der Waals surface area (Å²) in [6, 6.07) is 0. The quantitative estimate of drug-likeness (QED) is 0.753. The number of Topliss-reactive ketones (excluding diaryl/α,β-unsaturated/α-hetero) is 1. The zero-order valence-electron chi connectivity index (χ0n) is 9.66. The first-order valence-corrected chi connectivity index (χ1v) is 5.40. The average molecular weight is 249 g/mol. The van der Waals surface area contributed by atoms with Crippen LogP contribution in [0.4, 0.5) is 13.2 Å². The van der Waals surface area contributed by atoms with Crippen LogP contribution in [0.2, 0.25) is 0 Å². The minimum Gasteiger partial charge on any atom is -0.282 e. The molecule has 0 aliphatic heterocycles. The van der Waals surface area contributed by atoms with E-state index in [0.717, 1.165) is 19.0 Å². The third-order valence-electron chi connectivity index (χ3n) is 2.63. The van der Waals surface area contributed by atoms with Crippen molar-refractivity contribution < 1.29 is 18.0 Å². The molecule has 0 aliphatic carbocycles. The minimum atomic E-state index is -4.89. The smallest absolute Gasteiger partial charge is 0.282 e. The molecule has 96 valence electrons. The van der Waals surface area contributed by atoms with Crippen molar-refractivity contribution in [2.24, 2.45) is 5.92 Å². The van der Waals surface area contributed by atoms with E-state index in [1.165, 1.54) is 4.68 Å². The Labute approximate surface area is 96.8 Å². The van der Waals surface area contributed by atoms with Crippen LogP contribution in [-0.4, -0.2) is 27.0 Å². The molecule has 17 heavy (non-hydrogen) atoms. The molecule has 7 heteroatoms. The Morgan fingerprint density at radius 1 is 1.41 bits per heavy atom. The van der Waals surface area contributed by atoms with Crippen LogP contribution in [0.3, 0.4) is 0 Å². The third-order valence-corrected chi connectivity index (χ3v) is 2.63. The van der Waals surface area contributed by atoms with Crippen molar-refractivity contribution in [3.63, 3.8) is 0 Å². The SMILES string of the molecule is CCC(CC)Cn1cc(C(=O)C(F)(F)F)nn1. The van der Waals surface area contributed by atoms with E-state index in [-0.39, 0.29) is 0 Å². The van der Waals surface area contributed by atoms with Crippen LogP contribution in [-0.2, 0) is 6.54 Å². The molecule has 0 unspecified atom stereocenters. The second-order valence-electron chi connectivity index (χ2n) is 3.84. The third kappa shape index (κ3) is 3.54. The lowest BCUT2D eigenvalue weighted by molar-refractivity contribution is -0.0888. The number of aromatic nitrogens is 3. The molecule has 0 N–H and O–H groups in total. The van der Waals surface area contributed by atoms with Gasteiger partial charge in [-0.05, 0) is 5.92 Å². The summed E-state index contributed by atoms with van der Waals surface area (Å²) in [7, 11) is 0. The highest BCUT2D eigenvalue weighted by molar-refractivity contribution is 5.98. The number of halogens is 3. The Balaban J connectivity index is 2.75. The van der Waals surface area contributed by atoms with Gasteiger partial charge in [-0.2, -0.15) is 13.2 Å². The number of ketones is 1. The van der Waals surface area contributed by atoms with Crippen molar-refractivity contribution in [2.75, 3.05) is 0 Å². The van der Waals surface area contributed by atoms with Crippen LogP contribution in [0.15, 0.2) is 6.20 Å². The van der Waals surface area contributed by atoms with Crippen molar-refractivity contribution in [1.29, 1.82) is 0 Å². The number of nitrogens with zero attached hydrogens (tertiary/aromatic N) is 3. The van der Waals surface area contributed by atoms with Crippen LogP contribution >= 0.6 is 0 Å². The van der Waals surface area contributed by atoms with E-state index < -0.39 is 17.7 Å². The molecular formula is C10H14F3N3O. The maximum absolute atomic E-state index is 12.1. The normalized spacial score (nSPS) is 12.1. The van der Waals surface area contributed by atoms with E-state index in [0.29, 0.717) is 12.5 Å². The van der Waals surface area contributed by atoms with E-state index in [2.05, 4.69) is 10.3 Å². The molecule has 1 aromatic heterocycles. The summed E-state index contributed by atoms with van der Waals surface area (Å²) in [4.78, 5) is 10.9. The number of carbonyl (C=O) groups is 1. The zero-order valence-corrected chi connectivity index (χ0v) is 9.66. The van der Waals surface area contributed by atoms with Crippen molar-refractivity contribution in [2.45, 2.75) is 39.4 Å². The van der Waals surface area contributed by atoms with Crippen LogP contribution < -0.4 is 0 Å². The standard InChI is InChI=1S/C10H14F3N3O/c1-3-7(4-2)5-16-6-8(14-15-16)9(17)10(11,12)13/h6-7H,3-5H2,1-2H3. The lowest BCUT2D eigenvalue weighted by Crippen LogP contribution is -2.23. The van der Waals surface area contributed by atoms with Gasteiger partial charge in [0.25, 0.3) is 5.78 Å². The highest BCUT2D eigenvalue weighted by atomic mass is 19.4. The number of hydrogen-bond acceptors (Lipinski definition) is 3.